The number of anilines is 1. The zero-order chi connectivity index (χ0) is 10.7. The minimum Gasteiger partial charge on any atom is -0.395 e. The van der Waals surface area contributed by atoms with Crippen LogP contribution in [-0.4, -0.2) is 18.3 Å². The zero-order valence-corrected chi connectivity index (χ0v) is 6.87. The molecule has 0 amide bonds. The highest BCUT2D eigenvalue weighted by molar-refractivity contribution is 5.46. The molecule has 0 spiro atoms. The zero-order valence-electron chi connectivity index (χ0n) is 6.87. The first-order valence-corrected chi connectivity index (χ1v) is 3.68. The molecule has 1 aromatic carbocycles. The summed E-state index contributed by atoms with van der Waals surface area (Å²) in [5.41, 5.74) is -0.937. The van der Waals surface area contributed by atoms with Crippen LogP contribution in [0.4, 0.5) is 23.2 Å². The van der Waals surface area contributed by atoms with Crippen LogP contribution in [0, 0.1) is 29.3 Å². The van der Waals surface area contributed by atoms with E-state index in [0.29, 0.717) is 0 Å². The molecule has 0 fully saturated rings. The molecule has 0 aliphatic rings. The summed E-state index contributed by atoms with van der Waals surface area (Å²) < 4.78 is 50.6. The van der Waals surface area contributed by atoms with Crippen molar-refractivity contribution in [2.45, 2.75) is 0 Å². The summed E-state index contributed by atoms with van der Waals surface area (Å²) in [5.74, 6) is -6.33. The Hall–Kier alpha value is -1.30. The summed E-state index contributed by atoms with van der Waals surface area (Å²) in [7, 11) is 0. The Balaban J connectivity index is 3.11. The maximum Gasteiger partial charge on any atom is 0.185 e. The van der Waals surface area contributed by atoms with E-state index < -0.39 is 35.6 Å². The van der Waals surface area contributed by atoms with Crippen molar-refractivity contribution >= 4 is 5.69 Å². The molecule has 2 nitrogen and oxygen atoms in total. The van der Waals surface area contributed by atoms with Gasteiger partial charge in [0.2, 0.25) is 0 Å². The van der Waals surface area contributed by atoms with Gasteiger partial charge in [-0.15, -0.1) is 0 Å². The van der Waals surface area contributed by atoms with Crippen LogP contribution in [0.2, 0.25) is 0 Å². The van der Waals surface area contributed by atoms with E-state index in [1.165, 1.54) is 6.07 Å². The Bertz CT molecular complexity index is 316. The van der Waals surface area contributed by atoms with Crippen molar-refractivity contribution in [2.24, 2.45) is 0 Å². The fraction of sp³-hybridized carbons (Fsp3) is 0.250. The lowest BCUT2D eigenvalue weighted by Crippen LogP contribution is -2.11. The number of aliphatic hydroxyl groups is 1. The van der Waals surface area contributed by atoms with E-state index in [4.69, 9.17) is 5.11 Å². The van der Waals surface area contributed by atoms with Crippen LogP contribution in [0.1, 0.15) is 0 Å². The highest BCUT2D eigenvalue weighted by atomic mass is 19.2. The normalized spacial score (nSPS) is 10.4. The summed E-state index contributed by atoms with van der Waals surface area (Å²) in [6.07, 6.45) is 0. The molecule has 1 radical (unpaired) electrons. The number of benzene rings is 1. The molecule has 0 aliphatic heterocycles. The number of rotatable bonds is 3. The topological polar surface area (TPSA) is 32.3 Å². The molecule has 0 saturated heterocycles. The van der Waals surface area contributed by atoms with Gasteiger partial charge in [-0.3, -0.25) is 0 Å². The van der Waals surface area contributed by atoms with Gasteiger partial charge >= 0.3 is 0 Å². The number of halogens is 4. The molecule has 77 valence electrons. The van der Waals surface area contributed by atoms with Crippen molar-refractivity contribution in [3.63, 3.8) is 0 Å². The first-order chi connectivity index (χ1) is 6.57. The van der Waals surface area contributed by atoms with Gasteiger partial charge in [0.1, 0.15) is 5.69 Å². The SMILES string of the molecule is OCCNc1c(F)c(F)[c]c(F)c1F. The smallest absolute Gasteiger partial charge is 0.185 e. The van der Waals surface area contributed by atoms with Crippen molar-refractivity contribution in [3.8, 4) is 0 Å². The van der Waals surface area contributed by atoms with E-state index >= 15 is 0 Å². The van der Waals surface area contributed by atoms with Crippen LogP contribution in [-0.2, 0) is 0 Å². The van der Waals surface area contributed by atoms with E-state index in [1.54, 1.807) is 0 Å². The first kappa shape index (κ1) is 10.8. The minimum atomic E-state index is -1.61. The lowest BCUT2D eigenvalue weighted by Gasteiger charge is -2.07. The highest BCUT2D eigenvalue weighted by Gasteiger charge is 2.18. The fourth-order valence-corrected chi connectivity index (χ4v) is 0.858. The summed E-state index contributed by atoms with van der Waals surface area (Å²) in [6, 6.07) is 1.24. The van der Waals surface area contributed by atoms with Crippen molar-refractivity contribution in [2.75, 3.05) is 18.5 Å². The van der Waals surface area contributed by atoms with Crippen molar-refractivity contribution in [1.29, 1.82) is 0 Å². The van der Waals surface area contributed by atoms with Crippen LogP contribution in [0.25, 0.3) is 0 Å². The van der Waals surface area contributed by atoms with Crippen LogP contribution in [0.3, 0.4) is 0 Å². The molecular formula is C8H6F4NO. The van der Waals surface area contributed by atoms with Gasteiger partial charge in [0.05, 0.1) is 12.7 Å². The molecule has 0 aromatic heterocycles. The molecule has 0 saturated carbocycles. The lowest BCUT2D eigenvalue weighted by molar-refractivity contribution is 0.310. The third-order valence-electron chi connectivity index (χ3n) is 1.46. The third kappa shape index (κ3) is 1.95. The predicted octanol–water partition coefficient (Wildman–Crippen LogP) is 1.45. The quantitative estimate of drug-likeness (QED) is 0.582. The molecule has 0 bridgehead atoms. The Morgan fingerprint density at radius 2 is 1.57 bits per heavy atom. The average molecular weight is 208 g/mol. The Labute approximate surface area is 77.2 Å². The molecular weight excluding hydrogens is 202 g/mol. The second kappa shape index (κ2) is 4.28. The largest absolute Gasteiger partial charge is 0.395 e. The van der Waals surface area contributed by atoms with Gasteiger partial charge in [0, 0.05) is 6.54 Å². The number of hydrogen-bond donors (Lipinski definition) is 2. The number of aliphatic hydroxyl groups excluding tert-OH is 1. The standard InChI is InChI=1S/C8H6F4NO/c9-4-3-5(10)7(12)8(6(4)11)13-1-2-14/h13-14H,1-2H2. The molecule has 0 heterocycles. The molecule has 2 N–H and O–H groups in total. The van der Waals surface area contributed by atoms with Crippen molar-refractivity contribution < 1.29 is 22.7 Å². The van der Waals surface area contributed by atoms with Crippen molar-refractivity contribution in [3.05, 3.63) is 29.3 Å². The van der Waals surface area contributed by atoms with Crippen molar-refractivity contribution in [1.82, 2.24) is 0 Å². The first-order valence-electron chi connectivity index (χ1n) is 3.68. The summed E-state index contributed by atoms with van der Waals surface area (Å²) in [6.45, 7) is -0.628. The average Bonchev–Trinajstić information content (AvgIpc) is 2.15. The Morgan fingerprint density at radius 1 is 1.07 bits per heavy atom. The van der Waals surface area contributed by atoms with Crippen LogP contribution < -0.4 is 5.32 Å². The minimum absolute atomic E-state index is 0.212. The van der Waals surface area contributed by atoms with Gasteiger partial charge < -0.3 is 10.4 Å². The fourth-order valence-electron chi connectivity index (χ4n) is 0.858. The second-order valence-corrected chi connectivity index (χ2v) is 2.41. The van der Waals surface area contributed by atoms with E-state index in [0.717, 1.165) is 0 Å². The Morgan fingerprint density at radius 3 is 2.00 bits per heavy atom. The van der Waals surface area contributed by atoms with Crippen LogP contribution in [0.5, 0.6) is 0 Å². The molecule has 0 aliphatic carbocycles. The monoisotopic (exact) mass is 208 g/mol. The molecule has 14 heavy (non-hydrogen) atoms. The highest BCUT2D eigenvalue weighted by Crippen LogP contribution is 2.23. The Kier molecular flexibility index (Phi) is 3.29. The lowest BCUT2D eigenvalue weighted by atomic mass is 10.2. The molecule has 1 aromatic rings. The molecule has 1 rings (SSSR count). The van der Waals surface area contributed by atoms with E-state index in [-0.39, 0.29) is 6.54 Å². The molecule has 6 heteroatoms. The van der Waals surface area contributed by atoms with Gasteiger partial charge in [0.15, 0.2) is 23.3 Å². The van der Waals surface area contributed by atoms with Crippen LogP contribution >= 0.6 is 0 Å². The summed E-state index contributed by atoms with van der Waals surface area (Å²) in [5, 5.41) is 10.4. The van der Waals surface area contributed by atoms with Gasteiger partial charge in [-0.25, -0.2) is 17.6 Å². The third-order valence-corrected chi connectivity index (χ3v) is 1.46. The van der Waals surface area contributed by atoms with Gasteiger partial charge in [-0.05, 0) is 0 Å². The number of hydrogen-bond acceptors (Lipinski definition) is 2. The van der Waals surface area contributed by atoms with E-state index in [2.05, 4.69) is 0 Å². The van der Waals surface area contributed by atoms with E-state index in [1.807, 2.05) is 5.32 Å². The molecule has 0 atom stereocenters. The predicted molar refractivity (Wildman–Crippen MR) is 40.7 cm³/mol. The van der Waals surface area contributed by atoms with Crippen LogP contribution in [0.15, 0.2) is 0 Å². The van der Waals surface area contributed by atoms with Gasteiger partial charge in [0.25, 0.3) is 0 Å². The second-order valence-electron chi connectivity index (χ2n) is 2.41. The van der Waals surface area contributed by atoms with E-state index in [9.17, 15) is 17.6 Å². The maximum absolute atomic E-state index is 12.8. The summed E-state index contributed by atoms with van der Waals surface area (Å²) >= 11 is 0. The summed E-state index contributed by atoms with van der Waals surface area (Å²) in [4.78, 5) is 0. The van der Waals surface area contributed by atoms with Gasteiger partial charge in [-0.1, -0.05) is 0 Å². The number of nitrogens with one attached hydrogen (secondary N) is 1. The van der Waals surface area contributed by atoms with Gasteiger partial charge in [-0.2, -0.15) is 0 Å². The molecule has 0 unspecified atom stereocenters. The maximum atomic E-state index is 12.8.